The van der Waals surface area contributed by atoms with Gasteiger partial charge in [-0.25, -0.2) is 0 Å². The molecule has 0 aliphatic carbocycles. The van der Waals surface area contributed by atoms with Crippen molar-refractivity contribution in [2.24, 2.45) is 0 Å². The fraction of sp³-hybridized carbons (Fsp3) is 0. The Balaban J connectivity index is 0. The molecule has 0 saturated carbocycles. The van der Waals surface area contributed by atoms with E-state index < -0.39 is 7.25 Å². The van der Waals surface area contributed by atoms with Crippen LogP contribution in [0, 0.1) is 0 Å². The summed E-state index contributed by atoms with van der Waals surface area (Å²) >= 11 is 0. The van der Waals surface area contributed by atoms with Gasteiger partial charge in [0.05, 0.1) is 0 Å². The van der Waals surface area contributed by atoms with E-state index in [0.29, 0.717) is 0 Å². The first-order valence-electron chi connectivity index (χ1n) is 0.873. The molecule has 0 aromatic rings. The molecular formula is H2BBaF4-. The van der Waals surface area contributed by atoms with Gasteiger partial charge in [-0.15, -0.1) is 0 Å². The van der Waals surface area contributed by atoms with Gasteiger partial charge in [-0.2, -0.15) is 0 Å². The van der Waals surface area contributed by atoms with Crippen LogP contribution >= 0.6 is 0 Å². The fourth-order valence-corrected chi connectivity index (χ4v) is 0. The Morgan fingerprint density at radius 1 is 0.833 bits per heavy atom. The van der Waals surface area contributed by atoms with E-state index in [1.807, 2.05) is 0 Å². The standard InChI is InChI=1S/BF4.Ba.2H/c2-1(3,4)5;;;/q-1;;;. The third-order valence-corrected chi connectivity index (χ3v) is 0. The Morgan fingerprint density at radius 3 is 0.833 bits per heavy atom. The quantitative estimate of drug-likeness (QED) is 0.414. The second-order valence-electron chi connectivity index (χ2n) is 0.495. The van der Waals surface area contributed by atoms with Gasteiger partial charge >= 0.3 is 56.1 Å². The normalized spacial score (nSPS) is 10.0. The van der Waals surface area contributed by atoms with Crippen molar-refractivity contribution in [3.8, 4) is 0 Å². The molecular weight excluding hydrogens is 224 g/mol. The van der Waals surface area contributed by atoms with Crippen LogP contribution in [-0.2, 0) is 0 Å². The summed E-state index contributed by atoms with van der Waals surface area (Å²) in [7, 11) is -6.00. The van der Waals surface area contributed by atoms with Crippen LogP contribution in [0.15, 0.2) is 0 Å². The zero-order valence-corrected chi connectivity index (χ0v) is 2.09. The number of halogens is 4. The van der Waals surface area contributed by atoms with E-state index in [9.17, 15) is 17.3 Å². The zero-order chi connectivity index (χ0) is 4.50. The van der Waals surface area contributed by atoms with Crippen LogP contribution in [0.2, 0.25) is 0 Å². The predicted octanol–water partition coefficient (Wildman–Crippen LogP) is 0.384. The number of hydrogen-bond donors (Lipinski definition) is 0. The summed E-state index contributed by atoms with van der Waals surface area (Å²) in [6.45, 7) is 0. The molecule has 0 aromatic heterocycles. The van der Waals surface area contributed by atoms with Gasteiger partial charge in [-0.3, -0.25) is 0 Å². The molecule has 0 N–H and O–H groups in total. The Hall–Kier alpha value is 1.36. The van der Waals surface area contributed by atoms with E-state index in [1.54, 1.807) is 0 Å². The Morgan fingerprint density at radius 2 is 0.833 bits per heavy atom. The van der Waals surface area contributed by atoms with Gasteiger partial charge in [-0.05, 0) is 0 Å². The third kappa shape index (κ3) is 55.3. The maximum atomic E-state index is 9.75. The van der Waals surface area contributed by atoms with Crippen molar-refractivity contribution in [2.75, 3.05) is 0 Å². The van der Waals surface area contributed by atoms with Crippen LogP contribution < -0.4 is 0 Å². The molecule has 36 valence electrons. The molecule has 6 heavy (non-hydrogen) atoms. The van der Waals surface area contributed by atoms with E-state index in [4.69, 9.17) is 0 Å². The van der Waals surface area contributed by atoms with E-state index in [2.05, 4.69) is 0 Å². The van der Waals surface area contributed by atoms with Gasteiger partial charge < -0.3 is 17.3 Å². The van der Waals surface area contributed by atoms with Crippen LogP contribution in [0.5, 0.6) is 0 Å². The van der Waals surface area contributed by atoms with Crippen LogP contribution in [0.25, 0.3) is 0 Å². The van der Waals surface area contributed by atoms with Gasteiger partial charge in [0.15, 0.2) is 0 Å². The molecule has 6 heteroatoms. The van der Waals surface area contributed by atoms with Crippen molar-refractivity contribution < 1.29 is 17.3 Å². The molecule has 0 spiro atoms. The van der Waals surface area contributed by atoms with Crippen molar-refractivity contribution in [1.29, 1.82) is 0 Å². The molecule has 0 aromatic carbocycles. The van der Waals surface area contributed by atoms with Gasteiger partial charge in [0.1, 0.15) is 0 Å². The van der Waals surface area contributed by atoms with Gasteiger partial charge in [0.2, 0.25) is 0 Å². The molecule has 0 nitrogen and oxygen atoms in total. The van der Waals surface area contributed by atoms with Crippen LogP contribution in [0.3, 0.4) is 0 Å². The molecule has 0 bridgehead atoms. The molecule has 0 heterocycles. The third-order valence-electron chi connectivity index (χ3n) is 0. The Labute approximate surface area is 72.5 Å². The number of hydrogen-bond acceptors (Lipinski definition) is 0. The summed E-state index contributed by atoms with van der Waals surface area (Å²) in [5.41, 5.74) is 0. The molecule has 0 saturated heterocycles. The molecule has 0 amide bonds. The van der Waals surface area contributed by atoms with Crippen molar-refractivity contribution >= 4 is 56.1 Å². The summed E-state index contributed by atoms with van der Waals surface area (Å²) in [6, 6.07) is 0. The van der Waals surface area contributed by atoms with Crippen LogP contribution in [0.1, 0.15) is 0 Å². The average molecular weight is 226 g/mol. The van der Waals surface area contributed by atoms with Gasteiger partial charge in [-0.1, -0.05) is 0 Å². The summed E-state index contributed by atoms with van der Waals surface area (Å²) < 4.78 is 39.0. The zero-order valence-electron chi connectivity index (χ0n) is 2.09. The molecule has 0 atom stereocenters. The van der Waals surface area contributed by atoms with Crippen molar-refractivity contribution in [3.05, 3.63) is 0 Å². The Bertz CT molecular complexity index is 23.0. The van der Waals surface area contributed by atoms with Crippen molar-refractivity contribution in [2.45, 2.75) is 0 Å². The second-order valence-corrected chi connectivity index (χ2v) is 0.495. The van der Waals surface area contributed by atoms with Crippen LogP contribution in [-0.4, -0.2) is 56.1 Å². The first-order chi connectivity index (χ1) is 2.00. The topological polar surface area (TPSA) is 0 Å². The molecule has 0 aliphatic rings. The molecule has 0 radical (unpaired) electrons. The number of rotatable bonds is 0. The summed E-state index contributed by atoms with van der Waals surface area (Å²) in [5, 5.41) is 0. The van der Waals surface area contributed by atoms with E-state index in [0.717, 1.165) is 0 Å². The van der Waals surface area contributed by atoms with Gasteiger partial charge in [0, 0.05) is 0 Å². The van der Waals surface area contributed by atoms with E-state index in [-0.39, 0.29) is 48.9 Å². The minimum atomic E-state index is -6.00. The molecule has 0 aliphatic heterocycles. The molecule has 0 fully saturated rings. The average Bonchev–Trinajstić information content (AvgIpc) is 0.722. The van der Waals surface area contributed by atoms with Gasteiger partial charge in [0.25, 0.3) is 0 Å². The first-order valence-corrected chi connectivity index (χ1v) is 0.873. The first kappa shape index (κ1) is 10.4. The Kier molecular flexibility index (Phi) is 5.82. The molecule has 0 unspecified atom stereocenters. The predicted molar refractivity (Wildman–Crippen MR) is 18.7 cm³/mol. The van der Waals surface area contributed by atoms with Crippen molar-refractivity contribution in [1.82, 2.24) is 0 Å². The van der Waals surface area contributed by atoms with E-state index >= 15 is 0 Å². The summed E-state index contributed by atoms with van der Waals surface area (Å²) in [5.74, 6) is 0. The monoisotopic (exact) mass is 227 g/mol. The fourth-order valence-electron chi connectivity index (χ4n) is 0. The molecule has 0 rings (SSSR count). The maximum absolute atomic E-state index is 9.75. The van der Waals surface area contributed by atoms with Crippen LogP contribution in [0.4, 0.5) is 17.3 Å². The van der Waals surface area contributed by atoms with E-state index in [1.165, 1.54) is 0 Å². The van der Waals surface area contributed by atoms with Crippen molar-refractivity contribution in [3.63, 3.8) is 0 Å². The summed E-state index contributed by atoms with van der Waals surface area (Å²) in [4.78, 5) is 0. The minimum absolute atomic E-state index is 0. The second kappa shape index (κ2) is 3.37. The SMILES string of the molecule is F[B-](F)(F)F.[BaH2]. The summed E-state index contributed by atoms with van der Waals surface area (Å²) in [6.07, 6.45) is 0.